The number of halogens is 1. The Labute approximate surface area is 53.7 Å². The maximum absolute atomic E-state index is 8.91. The molecule has 0 aromatic rings. The molecule has 0 aliphatic carbocycles. The van der Waals surface area contributed by atoms with Gasteiger partial charge in [-0.2, -0.15) is 0 Å². The Bertz CT molecular complexity index is 80.1. The molecule has 0 bridgehead atoms. The van der Waals surface area contributed by atoms with E-state index in [1.807, 2.05) is 0 Å². The van der Waals surface area contributed by atoms with Gasteiger partial charge in [-0.05, 0) is 0 Å². The third-order valence-corrected chi connectivity index (χ3v) is 3.26. The second kappa shape index (κ2) is 2.67. The van der Waals surface area contributed by atoms with Crippen LogP contribution in [0.5, 0.6) is 0 Å². The van der Waals surface area contributed by atoms with Crippen molar-refractivity contribution in [1.29, 1.82) is 0 Å². The van der Waals surface area contributed by atoms with Crippen LogP contribution < -0.4 is 21.2 Å². The summed E-state index contributed by atoms with van der Waals surface area (Å²) in [5.74, 6) is 0. The van der Waals surface area contributed by atoms with Gasteiger partial charge in [0.05, 0.1) is 0 Å². The fraction of sp³-hybridized carbons (Fsp3) is 0.600. The van der Waals surface area contributed by atoms with Gasteiger partial charge in [-0.25, -0.2) is 0 Å². The minimum atomic E-state index is 0.0269. The van der Waals surface area contributed by atoms with E-state index in [1.165, 1.54) is 0 Å². The molecule has 1 nitrogen and oxygen atoms in total. The van der Waals surface area contributed by atoms with Crippen LogP contribution in [0.25, 0.3) is 0 Å². The standard InChI is InChI=1S/C5H8IO/c7-5-3-1-2-4-6-5/h2,4-5,7H,1,3H2/q-1. The second-order valence-electron chi connectivity index (χ2n) is 1.50. The average Bonchev–Trinajstić information content (AvgIpc) is 1.69. The van der Waals surface area contributed by atoms with Crippen LogP contribution in [0.4, 0.5) is 0 Å². The van der Waals surface area contributed by atoms with Crippen molar-refractivity contribution in [3.63, 3.8) is 0 Å². The predicted octanol–water partition coefficient (Wildman–Crippen LogP) is -2.30. The molecule has 0 amide bonds. The van der Waals surface area contributed by atoms with Crippen molar-refractivity contribution >= 4 is 0 Å². The van der Waals surface area contributed by atoms with Crippen molar-refractivity contribution in [1.82, 2.24) is 0 Å². The molecule has 0 spiro atoms. The number of rotatable bonds is 0. The monoisotopic (exact) mass is 211 g/mol. The first-order valence-electron chi connectivity index (χ1n) is 2.34. The van der Waals surface area contributed by atoms with Crippen LogP contribution in [0.2, 0.25) is 0 Å². The number of hydrogen-bond acceptors (Lipinski definition) is 1. The van der Waals surface area contributed by atoms with Crippen molar-refractivity contribution in [2.45, 2.75) is 17.0 Å². The molecule has 1 rings (SSSR count). The van der Waals surface area contributed by atoms with Crippen LogP contribution in [0.15, 0.2) is 10.2 Å². The van der Waals surface area contributed by atoms with Crippen molar-refractivity contribution < 1.29 is 26.3 Å². The summed E-state index contributed by atoms with van der Waals surface area (Å²) in [6.45, 7) is 0. The molecule has 1 aliphatic rings. The van der Waals surface area contributed by atoms with Crippen LogP contribution in [0.3, 0.4) is 0 Å². The van der Waals surface area contributed by atoms with E-state index in [0.29, 0.717) is 0 Å². The van der Waals surface area contributed by atoms with Gasteiger partial charge in [-0.3, -0.25) is 0 Å². The van der Waals surface area contributed by atoms with Crippen molar-refractivity contribution in [3.8, 4) is 0 Å². The van der Waals surface area contributed by atoms with Crippen LogP contribution in [0.1, 0.15) is 12.8 Å². The zero-order valence-corrected chi connectivity index (χ0v) is 6.13. The van der Waals surface area contributed by atoms with E-state index < -0.39 is 0 Å². The third-order valence-electron chi connectivity index (χ3n) is 0.879. The topological polar surface area (TPSA) is 20.2 Å². The Kier molecular flexibility index (Phi) is 2.12. The zero-order valence-electron chi connectivity index (χ0n) is 3.97. The maximum atomic E-state index is 8.91. The summed E-state index contributed by atoms with van der Waals surface area (Å²) >= 11 is 0.0269. The molecule has 0 aromatic heterocycles. The van der Waals surface area contributed by atoms with Crippen LogP contribution in [0, 0.1) is 0 Å². The van der Waals surface area contributed by atoms with Crippen LogP contribution in [-0.2, 0) is 0 Å². The Balaban J connectivity index is 2.32. The molecule has 1 atom stereocenters. The van der Waals surface area contributed by atoms with Crippen LogP contribution >= 0.6 is 0 Å². The molecule has 1 unspecified atom stereocenters. The van der Waals surface area contributed by atoms with E-state index >= 15 is 0 Å². The molecule has 7 heavy (non-hydrogen) atoms. The zero-order chi connectivity index (χ0) is 5.11. The normalized spacial score (nSPS) is 31.9. The summed E-state index contributed by atoms with van der Waals surface area (Å²) in [7, 11) is 0. The molecule has 0 aromatic carbocycles. The van der Waals surface area contributed by atoms with E-state index in [9.17, 15) is 0 Å². The molecule has 0 saturated heterocycles. The van der Waals surface area contributed by atoms with Gasteiger partial charge in [-0.1, -0.05) is 0 Å². The average molecular weight is 211 g/mol. The van der Waals surface area contributed by atoms with E-state index in [0.717, 1.165) is 12.8 Å². The summed E-state index contributed by atoms with van der Waals surface area (Å²) < 4.78 is 2.20. The van der Waals surface area contributed by atoms with E-state index in [-0.39, 0.29) is 25.3 Å². The molecule has 1 aliphatic heterocycles. The molecular formula is C5H8IO-. The molecule has 42 valence electrons. The molecule has 0 fully saturated rings. The third kappa shape index (κ3) is 1.78. The summed E-state index contributed by atoms with van der Waals surface area (Å²) in [5, 5.41) is 8.91. The van der Waals surface area contributed by atoms with E-state index in [4.69, 9.17) is 5.11 Å². The number of alkyl halides is 1. The Morgan fingerprint density at radius 3 is 2.86 bits per heavy atom. The van der Waals surface area contributed by atoms with Crippen molar-refractivity contribution in [3.05, 3.63) is 10.2 Å². The molecule has 0 radical (unpaired) electrons. The quantitative estimate of drug-likeness (QED) is 0.353. The summed E-state index contributed by atoms with van der Waals surface area (Å²) in [5.41, 5.74) is 0. The van der Waals surface area contributed by atoms with E-state index in [2.05, 4.69) is 10.2 Å². The minimum absolute atomic E-state index is 0.0269. The first kappa shape index (κ1) is 5.56. The van der Waals surface area contributed by atoms with Gasteiger partial charge in [0, 0.05) is 0 Å². The second-order valence-corrected chi connectivity index (χ2v) is 4.38. The Hall–Kier alpha value is 0.430. The number of hydrogen-bond donors (Lipinski definition) is 1. The predicted molar refractivity (Wildman–Crippen MR) is 24.4 cm³/mol. The number of allylic oxidation sites excluding steroid dienone is 1. The van der Waals surface area contributed by atoms with Gasteiger partial charge in [0.2, 0.25) is 0 Å². The van der Waals surface area contributed by atoms with Crippen molar-refractivity contribution in [2.24, 2.45) is 0 Å². The van der Waals surface area contributed by atoms with Crippen LogP contribution in [-0.4, -0.2) is 9.22 Å². The fourth-order valence-corrected chi connectivity index (χ4v) is 2.35. The summed E-state index contributed by atoms with van der Waals surface area (Å²) in [4.78, 5) is 0. The molecule has 1 heterocycles. The van der Waals surface area contributed by atoms with Gasteiger partial charge < -0.3 is 0 Å². The summed E-state index contributed by atoms with van der Waals surface area (Å²) in [6, 6.07) is 0. The molecule has 1 N–H and O–H groups in total. The molecular weight excluding hydrogens is 203 g/mol. The summed E-state index contributed by atoms with van der Waals surface area (Å²) in [6.07, 6.45) is 4.25. The fourth-order valence-electron chi connectivity index (χ4n) is 0.495. The van der Waals surface area contributed by atoms with E-state index in [1.54, 1.807) is 0 Å². The SMILES string of the molecule is OC1CCC=C[I-]1. The van der Waals surface area contributed by atoms with Crippen molar-refractivity contribution in [2.75, 3.05) is 0 Å². The Morgan fingerprint density at radius 2 is 2.57 bits per heavy atom. The molecule has 2 heteroatoms. The number of aliphatic hydroxyl groups is 1. The van der Waals surface area contributed by atoms with Gasteiger partial charge >= 0.3 is 53.4 Å². The first-order valence-corrected chi connectivity index (χ1v) is 4.84. The molecule has 0 saturated carbocycles. The van der Waals surface area contributed by atoms with Gasteiger partial charge in [0.15, 0.2) is 0 Å². The number of aliphatic hydroxyl groups excluding tert-OH is 1. The Morgan fingerprint density at radius 1 is 1.71 bits per heavy atom. The first-order chi connectivity index (χ1) is 3.39. The van der Waals surface area contributed by atoms with Gasteiger partial charge in [-0.15, -0.1) is 0 Å². The van der Waals surface area contributed by atoms with Gasteiger partial charge in [0.25, 0.3) is 0 Å². The van der Waals surface area contributed by atoms with Gasteiger partial charge in [0.1, 0.15) is 0 Å².